The van der Waals surface area contributed by atoms with Crippen LogP contribution in [0.1, 0.15) is 31.8 Å². The molecule has 0 amide bonds. The molecule has 0 aliphatic heterocycles. The zero-order valence-electron chi connectivity index (χ0n) is 13.6. The summed E-state index contributed by atoms with van der Waals surface area (Å²) in [5.74, 6) is -1.40. The van der Waals surface area contributed by atoms with Crippen LogP contribution in [-0.2, 0) is 20.2 Å². The minimum Gasteiger partial charge on any atom is -0.289 e. The Kier molecular flexibility index (Phi) is 7.20. The van der Waals surface area contributed by atoms with Gasteiger partial charge in [0, 0.05) is 81.4 Å². The van der Waals surface area contributed by atoms with E-state index in [1.54, 1.807) is 0 Å². The van der Waals surface area contributed by atoms with Gasteiger partial charge in [-0.2, -0.15) is 16.8 Å². The van der Waals surface area contributed by atoms with Gasteiger partial charge in [0.15, 0.2) is 11.6 Å². The van der Waals surface area contributed by atoms with Crippen LogP contribution in [0.15, 0.2) is 46.2 Å². The van der Waals surface area contributed by atoms with Crippen molar-refractivity contribution in [3.63, 3.8) is 0 Å². The fourth-order valence-corrected chi connectivity index (χ4v) is 3.44. The number of carbonyl (C=O) groups is 2. The van der Waals surface area contributed by atoms with Gasteiger partial charge in [-0.15, -0.1) is 0 Å². The van der Waals surface area contributed by atoms with Crippen LogP contribution in [0.3, 0.4) is 0 Å². The van der Waals surface area contributed by atoms with Gasteiger partial charge in [-0.25, -0.2) is 0 Å². The third-order valence-corrected chi connectivity index (χ3v) is 5.26. The molecule has 0 bridgehead atoms. The first-order valence-electron chi connectivity index (χ1n) is 6.32. The van der Waals surface area contributed by atoms with Gasteiger partial charge in [0.1, 0.15) is 0 Å². The molecule has 1 aliphatic carbocycles. The van der Waals surface area contributed by atoms with Gasteiger partial charge < -0.3 is 0 Å². The minimum atomic E-state index is -4.59. The summed E-state index contributed by atoms with van der Waals surface area (Å²) < 4.78 is 62.8. The summed E-state index contributed by atoms with van der Waals surface area (Å²) in [7, 11) is -9.17. The summed E-state index contributed by atoms with van der Waals surface area (Å²) in [6.45, 7) is 0. The minimum absolute atomic E-state index is 0. The summed E-state index contributed by atoms with van der Waals surface area (Å²) in [5, 5.41) is 0. The van der Waals surface area contributed by atoms with Crippen LogP contribution in [0.25, 0.3) is 0 Å². The van der Waals surface area contributed by atoms with Crippen LogP contribution in [-0.4, -0.2) is 96.6 Å². The largest absolute Gasteiger partial charge is 0.294 e. The zero-order chi connectivity index (χ0) is 17.9. The Labute approximate surface area is 193 Å². The zero-order valence-corrected chi connectivity index (χ0v) is 19.3. The third-order valence-electron chi connectivity index (χ3n) is 3.56. The van der Waals surface area contributed by atoms with Gasteiger partial charge in [-0.05, 0) is 36.4 Å². The molecular weight excluding hydrogens is 406 g/mol. The SMILES string of the molecule is O=C1c2ccc(S(=O)(=O)O)cc2C(=O)c2cc(S(=O)(=O)O)ccc21.[Na].[Na]. The van der Waals surface area contributed by atoms with Crippen LogP contribution in [0, 0.1) is 0 Å². The molecule has 0 aromatic heterocycles. The topological polar surface area (TPSA) is 143 Å². The molecule has 3 rings (SSSR count). The summed E-state index contributed by atoms with van der Waals surface area (Å²) in [6.07, 6.45) is 0. The van der Waals surface area contributed by atoms with Gasteiger partial charge in [0.2, 0.25) is 0 Å². The van der Waals surface area contributed by atoms with E-state index in [4.69, 9.17) is 9.11 Å². The molecule has 12 heteroatoms. The predicted molar refractivity (Wildman–Crippen MR) is 90.9 cm³/mol. The van der Waals surface area contributed by atoms with Crippen molar-refractivity contribution in [3.8, 4) is 0 Å². The quantitative estimate of drug-likeness (QED) is 0.447. The van der Waals surface area contributed by atoms with Gasteiger partial charge >= 0.3 is 0 Å². The van der Waals surface area contributed by atoms with E-state index in [2.05, 4.69) is 0 Å². The predicted octanol–water partition coefficient (Wildman–Crippen LogP) is 0.194. The number of hydrogen-bond donors (Lipinski definition) is 2. The molecular formula is C14H8Na2O8S2. The van der Waals surface area contributed by atoms with Crippen molar-refractivity contribution in [2.24, 2.45) is 0 Å². The van der Waals surface area contributed by atoms with Crippen molar-refractivity contribution < 1.29 is 35.5 Å². The third kappa shape index (κ3) is 4.20. The van der Waals surface area contributed by atoms with Crippen molar-refractivity contribution in [3.05, 3.63) is 58.7 Å². The molecule has 2 radical (unpaired) electrons. The van der Waals surface area contributed by atoms with Crippen LogP contribution < -0.4 is 0 Å². The summed E-state index contributed by atoms with van der Waals surface area (Å²) in [5.41, 5.74) is -0.704. The molecule has 2 N–H and O–H groups in total. The van der Waals surface area contributed by atoms with E-state index < -0.39 is 41.6 Å². The van der Waals surface area contributed by atoms with Crippen molar-refractivity contribution >= 4 is 90.9 Å². The summed E-state index contributed by atoms with van der Waals surface area (Å²) in [4.78, 5) is 23.8. The Morgan fingerprint density at radius 3 is 1.19 bits per heavy atom. The number of ketones is 2. The molecule has 0 heterocycles. The van der Waals surface area contributed by atoms with E-state index in [9.17, 15) is 26.4 Å². The maximum atomic E-state index is 12.5. The molecule has 0 fully saturated rings. The number of carbonyl (C=O) groups excluding carboxylic acids is 2. The first kappa shape index (κ1) is 23.6. The van der Waals surface area contributed by atoms with Crippen molar-refractivity contribution in [1.29, 1.82) is 0 Å². The second-order valence-electron chi connectivity index (χ2n) is 5.02. The molecule has 0 atom stereocenters. The van der Waals surface area contributed by atoms with E-state index >= 15 is 0 Å². The second kappa shape index (κ2) is 7.92. The average molecular weight is 414 g/mol. The molecule has 0 saturated carbocycles. The first-order chi connectivity index (χ1) is 11.0. The Hall–Kier alpha value is -0.400. The van der Waals surface area contributed by atoms with E-state index in [1.807, 2.05) is 0 Å². The molecule has 0 spiro atoms. The van der Waals surface area contributed by atoms with Crippen LogP contribution >= 0.6 is 0 Å². The van der Waals surface area contributed by atoms with E-state index in [0.29, 0.717) is 0 Å². The Bertz CT molecular complexity index is 1050. The van der Waals surface area contributed by atoms with Gasteiger partial charge in [-0.3, -0.25) is 18.7 Å². The number of hydrogen-bond acceptors (Lipinski definition) is 6. The molecule has 0 unspecified atom stereocenters. The Morgan fingerprint density at radius 1 is 0.577 bits per heavy atom. The standard InChI is InChI=1S/C14H8O8S2.2Na/c15-13-9-3-1-7(23(17,18)19)5-11(9)14(16)12-6-8(24(20,21)22)2-4-10(12)13;;/h1-6H,(H,17,18,19)(H,20,21,22);;. The second-order valence-corrected chi connectivity index (χ2v) is 7.87. The smallest absolute Gasteiger partial charge is 0.289 e. The Balaban J connectivity index is 0.00000169. The summed E-state index contributed by atoms with van der Waals surface area (Å²) in [6, 6.07) is 5.84. The molecule has 2 aromatic rings. The Morgan fingerprint density at radius 2 is 0.885 bits per heavy atom. The summed E-state index contributed by atoms with van der Waals surface area (Å²) >= 11 is 0. The first-order valence-corrected chi connectivity index (χ1v) is 9.20. The van der Waals surface area contributed by atoms with Gasteiger partial charge in [0.25, 0.3) is 20.2 Å². The normalized spacial score (nSPS) is 13.2. The van der Waals surface area contributed by atoms with Crippen molar-refractivity contribution in [1.82, 2.24) is 0 Å². The molecule has 26 heavy (non-hydrogen) atoms. The average Bonchev–Trinajstić information content (AvgIpc) is 2.49. The van der Waals surface area contributed by atoms with E-state index in [1.165, 1.54) is 0 Å². The van der Waals surface area contributed by atoms with Crippen molar-refractivity contribution in [2.45, 2.75) is 9.79 Å². The van der Waals surface area contributed by atoms with E-state index in [0.717, 1.165) is 36.4 Å². The molecule has 126 valence electrons. The maximum Gasteiger partial charge on any atom is 0.294 e. The molecule has 1 aliphatic rings. The molecule has 8 nitrogen and oxygen atoms in total. The monoisotopic (exact) mass is 414 g/mol. The number of rotatable bonds is 2. The van der Waals surface area contributed by atoms with E-state index in [-0.39, 0.29) is 81.4 Å². The van der Waals surface area contributed by atoms with Crippen LogP contribution in [0.2, 0.25) is 0 Å². The van der Waals surface area contributed by atoms with Gasteiger partial charge in [-0.1, -0.05) is 0 Å². The molecule has 2 aromatic carbocycles. The number of fused-ring (bicyclic) bond motifs is 2. The van der Waals surface area contributed by atoms with Crippen LogP contribution in [0.4, 0.5) is 0 Å². The number of benzene rings is 2. The fraction of sp³-hybridized carbons (Fsp3) is 0. The van der Waals surface area contributed by atoms with Gasteiger partial charge in [0.05, 0.1) is 9.79 Å². The molecule has 0 saturated heterocycles. The van der Waals surface area contributed by atoms with Crippen molar-refractivity contribution in [2.75, 3.05) is 0 Å². The van der Waals surface area contributed by atoms with Crippen LogP contribution in [0.5, 0.6) is 0 Å². The maximum absolute atomic E-state index is 12.5. The fourth-order valence-electron chi connectivity index (χ4n) is 2.43.